The van der Waals surface area contributed by atoms with Crippen LogP contribution >= 0.6 is 11.8 Å². The van der Waals surface area contributed by atoms with Crippen molar-refractivity contribution in [1.82, 2.24) is 10.0 Å². The maximum atomic E-state index is 13.1. The molecule has 0 spiro atoms. The van der Waals surface area contributed by atoms with Crippen LogP contribution in [0, 0.1) is 0 Å². The molecule has 2 heterocycles. The number of carbonyl (C=O) groups is 2. The van der Waals surface area contributed by atoms with Crippen LogP contribution in [0.5, 0.6) is 0 Å². The Balaban J connectivity index is 1.36. The van der Waals surface area contributed by atoms with Crippen LogP contribution in [-0.2, 0) is 24.1 Å². The number of hydrogen-bond acceptors (Lipinski definition) is 7. The molecule has 2 aliphatic heterocycles. The van der Waals surface area contributed by atoms with E-state index in [1.165, 1.54) is 18.9 Å². The summed E-state index contributed by atoms with van der Waals surface area (Å²) in [5.41, 5.74) is 2.28. The zero-order valence-electron chi connectivity index (χ0n) is 18.5. The number of ether oxygens (including phenoxy) is 1. The number of nitrogens with zero attached hydrogens (tertiary/aromatic N) is 1. The number of thioether (sulfide) groups is 1. The van der Waals surface area contributed by atoms with E-state index in [1.807, 2.05) is 30.4 Å². The van der Waals surface area contributed by atoms with Gasteiger partial charge >= 0.3 is 5.97 Å². The third-order valence-corrected chi connectivity index (χ3v) is 9.15. The van der Waals surface area contributed by atoms with E-state index >= 15 is 0 Å². The van der Waals surface area contributed by atoms with E-state index in [-0.39, 0.29) is 30.2 Å². The number of nitrogens with one attached hydrogen (secondary N) is 2. The van der Waals surface area contributed by atoms with Crippen LogP contribution in [0.15, 0.2) is 82.9 Å². The molecule has 0 fully saturated rings. The highest BCUT2D eigenvalue weighted by molar-refractivity contribution is 8.16. The molecule has 1 amide bonds. The second-order valence-electron chi connectivity index (χ2n) is 7.89. The van der Waals surface area contributed by atoms with Crippen molar-refractivity contribution in [3.05, 3.63) is 83.5 Å². The molecule has 8 nitrogen and oxygen atoms in total. The first-order chi connectivity index (χ1) is 16.4. The molecule has 5 unspecified atom stereocenters. The molecule has 0 radical (unpaired) electrons. The van der Waals surface area contributed by atoms with Gasteiger partial charge in [-0.2, -0.15) is 0 Å². The van der Waals surface area contributed by atoms with Gasteiger partial charge in [-0.15, -0.1) is 4.72 Å². The molecule has 0 saturated heterocycles. The zero-order chi connectivity index (χ0) is 24.1. The first-order valence-electron chi connectivity index (χ1n) is 10.7. The summed E-state index contributed by atoms with van der Waals surface area (Å²) in [6.45, 7) is 0.287. The number of hydrogen-bond donors (Lipinski definition) is 2. The van der Waals surface area contributed by atoms with Crippen LogP contribution in [0.25, 0.3) is 0 Å². The van der Waals surface area contributed by atoms with Crippen molar-refractivity contribution in [2.24, 2.45) is 4.99 Å². The van der Waals surface area contributed by atoms with Gasteiger partial charge in [0, 0.05) is 30.0 Å². The average molecular weight is 500 g/mol. The summed E-state index contributed by atoms with van der Waals surface area (Å²) < 4.78 is 32.6. The number of methoxy groups -OCH3 is 1. The molecular weight excluding hydrogens is 474 g/mol. The van der Waals surface area contributed by atoms with Gasteiger partial charge < -0.3 is 14.6 Å². The van der Waals surface area contributed by atoms with Gasteiger partial charge in [-0.1, -0.05) is 64.5 Å². The Kier molecular flexibility index (Phi) is 7.62. The van der Waals surface area contributed by atoms with Crippen molar-refractivity contribution >= 4 is 40.3 Å². The molecule has 34 heavy (non-hydrogen) atoms. The van der Waals surface area contributed by atoms with Gasteiger partial charge in [0.1, 0.15) is 10.4 Å². The fourth-order valence-corrected chi connectivity index (χ4v) is 6.90. The predicted molar refractivity (Wildman–Crippen MR) is 133 cm³/mol. The Bertz CT molecular complexity index is 1140. The molecule has 0 aromatic heterocycles. The molecule has 10 heteroatoms. The molecule has 1 aliphatic carbocycles. The zero-order valence-corrected chi connectivity index (χ0v) is 20.1. The van der Waals surface area contributed by atoms with E-state index in [4.69, 9.17) is 4.74 Å². The number of esters is 1. The monoisotopic (exact) mass is 499 g/mol. The Morgan fingerprint density at radius 2 is 2.00 bits per heavy atom. The first kappa shape index (κ1) is 24.3. The maximum Gasteiger partial charge on any atom is 0.327 e. The number of fused-ring (bicyclic) bond motifs is 1. The first-order valence-corrected chi connectivity index (χ1v) is 13.2. The minimum absolute atomic E-state index is 0.102. The van der Waals surface area contributed by atoms with Crippen molar-refractivity contribution in [2.75, 3.05) is 13.7 Å². The Hall–Kier alpha value is -2.79. The molecule has 3 aliphatic rings. The van der Waals surface area contributed by atoms with Crippen molar-refractivity contribution in [3.8, 4) is 0 Å². The Morgan fingerprint density at radius 3 is 2.76 bits per heavy atom. The molecule has 5 atom stereocenters. The summed E-state index contributed by atoms with van der Waals surface area (Å²) in [5, 5.41) is 2.61. The van der Waals surface area contributed by atoms with Gasteiger partial charge in [0.15, 0.2) is 6.04 Å². The molecule has 1 aromatic carbocycles. The molecule has 4 rings (SSSR count). The predicted octanol–water partition coefficient (Wildman–Crippen LogP) is 2.36. The summed E-state index contributed by atoms with van der Waals surface area (Å²) in [4.78, 5) is 29.1. The van der Waals surface area contributed by atoms with Crippen LogP contribution in [-0.4, -0.2) is 58.2 Å². The van der Waals surface area contributed by atoms with Crippen molar-refractivity contribution in [3.63, 3.8) is 0 Å². The van der Waals surface area contributed by atoms with Crippen molar-refractivity contribution in [1.29, 1.82) is 0 Å². The Labute approximate surface area is 203 Å². The summed E-state index contributed by atoms with van der Waals surface area (Å²) >= 11 is 1.19. The van der Waals surface area contributed by atoms with Crippen LogP contribution in [0.1, 0.15) is 16.8 Å². The molecular formula is C24H25N3O5S2. The normalized spacial score (nSPS) is 25.2. The standard InChI is InChI=1S/C24H25N3O5S2/c1-32-24(29)21(13-17-14-25-20-10-6-5-9-19(17)20)27-34(30,31)22-12-11-18(33-22)15-26-23(28)16-7-3-2-4-8-16/h2-12,14,18,20-22H,13,15H2,1H3,(H2-,26,27,28,30,31). The lowest BCUT2D eigenvalue weighted by molar-refractivity contribution is -0.142. The molecule has 178 valence electrons. The lowest BCUT2D eigenvalue weighted by Crippen LogP contribution is -2.48. The summed E-state index contributed by atoms with van der Waals surface area (Å²) in [6.07, 6.45) is 12.8. The van der Waals surface area contributed by atoms with Crippen LogP contribution in [0.3, 0.4) is 0 Å². The average Bonchev–Trinajstić information content (AvgIpc) is 3.50. The largest absolute Gasteiger partial charge is 0.597 e. The van der Waals surface area contributed by atoms with Gasteiger partial charge in [0.25, 0.3) is 5.91 Å². The number of rotatable bonds is 9. The van der Waals surface area contributed by atoms with E-state index in [2.05, 4.69) is 15.0 Å². The van der Waals surface area contributed by atoms with E-state index in [1.54, 1.807) is 42.6 Å². The second-order valence-corrected chi connectivity index (χ2v) is 11.4. The summed E-state index contributed by atoms with van der Waals surface area (Å²) in [7, 11) is -2.67. The number of allylic oxidation sites excluding steroid dienone is 2. The minimum Gasteiger partial charge on any atom is -0.597 e. The summed E-state index contributed by atoms with van der Waals surface area (Å²) in [5.74, 6) is -0.884. The fourth-order valence-electron chi connectivity index (χ4n) is 3.83. The third kappa shape index (κ3) is 5.64. The number of aliphatic imine (C=N–C) groups is 1. The highest BCUT2D eigenvalue weighted by Crippen LogP contribution is 2.33. The van der Waals surface area contributed by atoms with E-state index in [0.29, 0.717) is 5.56 Å². The number of benzene rings is 1. The van der Waals surface area contributed by atoms with E-state index < -0.39 is 27.0 Å². The van der Waals surface area contributed by atoms with Crippen LogP contribution < -0.4 is 10.0 Å². The summed E-state index contributed by atoms with van der Waals surface area (Å²) in [6, 6.07) is 7.63. The lowest BCUT2D eigenvalue weighted by atomic mass is 9.96. The molecule has 1 aromatic rings. The smallest absolute Gasteiger partial charge is 0.327 e. The second kappa shape index (κ2) is 10.6. The van der Waals surface area contributed by atoms with Crippen molar-refractivity contribution < 1.29 is 23.1 Å². The van der Waals surface area contributed by atoms with Gasteiger partial charge in [0.2, 0.25) is 4.58 Å². The highest BCUT2D eigenvalue weighted by atomic mass is 32.3. The van der Waals surface area contributed by atoms with Gasteiger partial charge in [-0.25, -0.2) is 0 Å². The van der Waals surface area contributed by atoms with Crippen LogP contribution in [0.2, 0.25) is 0 Å². The quantitative estimate of drug-likeness (QED) is 0.306. The van der Waals surface area contributed by atoms with Crippen LogP contribution in [0.4, 0.5) is 0 Å². The SMILES string of the molecule is COC(=O)C(CC1=C2C=CC=CC2N=C1)N[S+](=O)([O-])C1C=CC(CNC(=O)c2ccccc2)S1. The third-order valence-electron chi connectivity index (χ3n) is 5.57. The topological polar surface area (TPSA) is 120 Å². The van der Waals surface area contributed by atoms with Crippen molar-refractivity contribution in [2.45, 2.75) is 28.3 Å². The van der Waals surface area contributed by atoms with Gasteiger partial charge in [-0.3, -0.25) is 14.6 Å². The van der Waals surface area contributed by atoms with E-state index in [0.717, 1.165) is 11.1 Å². The van der Waals surface area contributed by atoms with E-state index in [9.17, 15) is 18.4 Å². The Morgan fingerprint density at radius 1 is 1.21 bits per heavy atom. The number of amides is 1. The molecule has 0 saturated carbocycles. The molecule has 0 bridgehead atoms. The highest BCUT2D eigenvalue weighted by Gasteiger charge is 2.39. The minimum atomic E-state index is -3.90. The molecule has 2 N–H and O–H groups in total. The number of carbonyl (C=O) groups excluding carboxylic acids is 2. The fraction of sp³-hybridized carbons (Fsp3) is 0.292. The lowest BCUT2D eigenvalue weighted by Gasteiger charge is -2.25. The maximum absolute atomic E-state index is 13.1. The number of sulfonamides is 1. The van der Waals surface area contributed by atoms with Gasteiger partial charge in [0.05, 0.1) is 13.2 Å². The van der Waals surface area contributed by atoms with Gasteiger partial charge in [-0.05, 0) is 29.4 Å².